The molecule has 12 nitrogen and oxygen atoms in total. The van der Waals surface area contributed by atoms with Crippen LogP contribution in [0, 0.1) is 0 Å². The van der Waals surface area contributed by atoms with Crippen molar-refractivity contribution >= 4 is 43.5 Å². The largest absolute Gasteiger partial charge is 0.497 e. The Labute approximate surface area is 295 Å². The smallest absolute Gasteiger partial charge is 0.274 e. The molecule has 3 aromatic carbocycles. The summed E-state index contributed by atoms with van der Waals surface area (Å²) in [6, 6.07) is 13.9. The second-order valence-corrected chi connectivity index (χ2v) is 15.4. The molecule has 3 aliphatic heterocycles. The number of carbonyl (C=O) groups is 2. The maximum absolute atomic E-state index is 15.6. The molecule has 262 valence electrons. The molecular weight excluding hydrogens is 716 g/mol. The summed E-state index contributed by atoms with van der Waals surface area (Å²) >= 11 is 3.57. The van der Waals surface area contributed by atoms with E-state index in [4.69, 9.17) is 14.2 Å². The van der Waals surface area contributed by atoms with E-state index in [2.05, 4.69) is 20.8 Å². The molecule has 0 bridgehead atoms. The highest BCUT2D eigenvalue weighted by Crippen LogP contribution is 2.55. The molecule has 6 rings (SSSR count). The van der Waals surface area contributed by atoms with E-state index in [0.717, 1.165) is 35.8 Å². The maximum atomic E-state index is 15.6. The molecular formula is C35H41BrN4O8S. The van der Waals surface area contributed by atoms with Gasteiger partial charge in [-0.25, -0.2) is 12.7 Å². The SMILES string of the molecule is COc1ccc(S(=O)(=O)N2C(=O)C(c3cc(CN4CCCC4)ccc3OC)(N3C[C@H](O)C[C@H]3C(=O)N(C)C)c3cc(Br)ccc32)c(OC)c1. The zero-order valence-corrected chi connectivity index (χ0v) is 30.6. The van der Waals surface area contributed by atoms with Crippen LogP contribution in [0.4, 0.5) is 5.69 Å². The normalized spacial score (nSPS) is 22.8. The minimum Gasteiger partial charge on any atom is -0.497 e. The Hall–Kier alpha value is -3.69. The molecule has 49 heavy (non-hydrogen) atoms. The van der Waals surface area contributed by atoms with Crippen LogP contribution in [0.15, 0.2) is 64.0 Å². The average molecular weight is 758 g/mol. The van der Waals surface area contributed by atoms with Crippen LogP contribution in [-0.4, -0.2) is 107 Å². The van der Waals surface area contributed by atoms with Gasteiger partial charge in [0.15, 0.2) is 5.54 Å². The van der Waals surface area contributed by atoms with Crippen LogP contribution in [0.25, 0.3) is 0 Å². The molecule has 0 aliphatic carbocycles. The van der Waals surface area contributed by atoms with E-state index in [1.165, 1.54) is 44.4 Å². The average Bonchev–Trinajstić information content (AvgIpc) is 3.80. The number of halogens is 1. The number of hydrogen-bond donors (Lipinski definition) is 1. The first-order valence-corrected chi connectivity index (χ1v) is 18.3. The summed E-state index contributed by atoms with van der Waals surface area (Å²) in [5.41, 5.74) is -0.205. The molecule has 0 aromatic heterocycles. The number of hydrogen-bond acceptors (Lipinski definition) is 10. The number of β-amino-alcohol motifs (C(OH)–C–C–N with tert-alkyl or cyclic N) is 1. The standard InChI is InChI=1S/C35H41BrN4O8S/c1-37(2)33(42)29-18-24(41)21-39(29)35(27-16-22(8-12-30(27)47-4)20-38-14-6-7-15-38)26-17-23(36)9-11-28(26)40(34(35)43)49(44,45)32-13-10-25(46-3)19-31(32)48-5/h8-13,16-17,19,24,29,41H,6-7,14-15,18,20-21H2,1-5H3/t24-,29+,35?/m1/s1. The Kier molecular flexibility index (Phi) is 9.72. The summed E-state index contributed by atoms with van der Waals surface area (Å²) in [6.45, 7) is 2.41. The van der Waals surface area contributed by atoms with Crippen LogP contribution in [0.1, 0.15) is 36.0 Å². The van der Waals surface area contributed by atoms with Gasteiger partial charge in [0.25, 0.3) is 15.9 Å². The summed E-state index contributed by atoms with van der Waals surface area (Å²) in [7, 11) is 2.86. The van der Waals surface area contributed by atoms with Gasteiger partial charge in [-0.3, -0.25) is 19.4 Å². The van der Waals surface area contributed by atoms with E-state index in [1.54, 1.807) is 43.3 Å². The lowest BCUT2D eigenvalue weighted by Crippen LogP contribution is -2.59. The fraction of sp³-hybridized carbons (Fsp3) is 0.429. The van der Waals surface area contributed by atoms with Crippen LogP contribution in [0.2, 0.25) is 0 Å². The number of aliphatic hydroxyl groups excluding tert-OH is 1. The van der Waals surface area contributed by atoms with Crippen LogP contribution >= 0.6 is 15.9 Å². The Morgan fingerprint density at radius 1 is 0.959 bits per heavy atom. The number of rotatable bonds is 10. The molecule has 3 aromatic rings. The number of amides is 2. The molecule has 2 fully saturated rings. The van der Waals surface area contributed by atoms with Crippen molar-refractivity contribution in [2.45, 2.75) is 48.4 Å². The van der Waals surface area contributed by atoms with Gasteiger partial charge in [-0.05, 0) is 80.4 Å². The highest BCUT2D eigenvalue weighted by molar-refractivity contribution is 9.10. The van der Waals surface area contributed by atoms with E-state index in [0.29, 0.717) is 33.6 Å². The maximum Gasteiger partial charge on any atom is 0.274 e. The number of sulfonamides is 1. The highest BCUT2D eigenvalue weighted by atomic mass is 79.9. The molecule has 2 amide bonds. The number of aliphatic hydroxyl groups is 1. The monoisotopic (exact) mass is 756 g/mol. The van der Waals surface area contributed by atoms with Crippen molar-refractivity contribution in [1.82, 2.24) is 14.7 Å². The number of carbonyl (C=O) groups excluding carboxylic acids is 2. The quantitative estimate of drug-likeness (QED) is 0.328. The van der Waals surface area contributed by atoms with Gasteiger partial charge in [0.05, 0.1) is 39.2 Å². The van der Waals surface area contributed by atoms with Gasteiger partial charge in [-0.2, -0.15) is 0 Å². The first-order valence-electron chi connectivity index (χ1n) is 16.1. The third kappa shape index (κ3) is 5.86. The molecule has 3 atom stereocenters. The minimum absolute atomic E-state index is 0.00856. The number of fused-ring (bicyclic) bond motifs is 1. The molecule has 2 saturated heterocycles. The van der Waals surface area contributed by atoms with Crippen molar-refractivity contribution in [1.29, 1.82) is 0 Å². The minimum atomic E-state index is -4.65. The van der Waals surface area contributed by atoms with Crippen LogP contribution in [0.5, 0.6) is 17.2 Å². The number of nitrogens with zero attached hydrogens (tertiary/aromatic N) is 4. The van der Waals surface area contributed by atoms with E-state index in [1.807, 2.05) is 12.1 Å². The first kappa shape index (κ1) is 35.1. The van der Waals surface area contributed by atoms with Crippen LogP contribution in [-0.2, 0) is 31.7 Å². The molecule has 1 unspecified atom stereocenters. The number of methoxy groups -OCH3 is 3. The lowest BCUT2D eigenvalue weighted by atomic mass is 9.80. The Morgan fingerprint density at radius 2 is 1.67 bits per heavy atom. The van der Waals surface area contributed by atoms with E-state index in [9.17, 15) is 18.3 Å². The molecule has 3 aliphatic rings. The molecule has 0 radical (unpaired) electrons. The summed E-state index contributed by atoms with van der Waals surface area (Å²) in [6.07, 6.45) is 1.26. The number of likely N-dealkylation sites (N-methyl/N-ethyl adjacent to an activating group) is 1. The van der Waals surface area contributed by atoms with E-state index < -0.39 is 33.6 Å². The number of ether oxygens (including phenoxy) is 3. The van der Waals surface area contributed by atoms with Gasteiger partial charge < -0.3 is 24.2 Å². The van der Waals surface area contributed by atoms with Crippen molar-refractivity contribution in [2.75, 3.05) is 59.4 Å². The van der Waals surface area contributed by atoms with Crippen LogP contribution < -0.4 is 18.5 Å². The lowest BCUT2D eigenvalue weighted by Gasteiger charge is -2.42. The van der Waals surface area contributed by atoms with Gasteiger partial charge in [0.2, 0.25) is 5.91 Å². The van der Waals surface area contributed by atoms with Crippen molar-refractivity contribution in [3.8, 4) is 17.2 Å². The Bertz CT molecular complexity index is 1880. The van der Waals surface area contributed by atoms with Gasteiger partial charge >= 0.3 is 0 Å². The van der Waals surface area contributed by atoms with Crippen molar-refractivity contribution in [3.63, 3.8) is 0 Å². The Morgan fingerprint density at radius 3 is 2.33 bits per heavy atom. The van der Waals surface area contributed by atoms with Gasteiger partial charge in [0.1, 0.15) is 22.1 Å². The fourth-order valence-electron chi connectivity index (χ4n) is 7.42. The summed E-state index contributed by atoms with van der Waals surface area (Å²) in [5.74, 6) is -0.460. The van der Waals surface area contributed by atoms with Crippen molar-refractivity contribution in [2.24, 2.45) is 0 Å². The topological polar surface area (TPSA) is 129 Å². The molecule has 14 heteroatoms. The second kappa shape index (κ2) is 13.6. The number of benzene rings is 3. The van der Waals surface area contributed by atoms with Gasteiger partial charge in [0, 0.05) is 48.9 Å². The molecule has 1 N–H and O–H groups in total. The first-order chi connectivity index (χ1) is 23.4. The van der Waals surface area contributed by atoms with Crippen molar-refractivity contribution in [3.05, 3.63) is 75.8 Å². The number of anilines is 1. The Balaban J connectivity index is 1.66. The lowest BCUT2D eigenvalue weighted by molar-refractivity contribution is -0.138. The molecule has 0 saturated carbocycles. The van der Waals surface area contributed by atoms with Crippen molar-refractivity contribution < 1.29 is 37.3 Å². The highest BCUT2D eigenvalue weighted by Gasteiger charge is 2.64. The van der Waals surface area contributed by atoms with Crippen LogP contribution in [0.3, 0.4) is 0 Å². The predicted octanol–water partition coefficient (Wildman–Crippen LogP) is 3.57. The zero-order valence-electron chi connectivity index (χ0n) is 28.2. The molecule has 0 spiro atoms. The predicted molar refractivity (Wildman–Crippen MR) is 186 cm³/mol. The zero-order chi connectivity index (χ0) is 35.2. The number of likely N-dealkylation sites (tertiary alicyclic amines) is 2. The van der Waals surface area contributed by atoms with E-state index >= 15 is 4.79 Å². The third-order valence-corrected chi connectivity index (χ3v) is 11.9. The fourth-order valence-corrected chi connectivity index (χ4v) is 9.38. The van der Waals surface area contributed by atoms with Gasteiger partial charge in [-0.1, -0.05) is 22.0 Å². The van der Waals surface area contributed by atoms with E-state index in [-0.39, 0.29) is 35.2 Å². The third-order valence-electron chi connectivity index (χ3n) is 9.64. The second-order valence-electron chi connectivity index (χ2n) is 12.8. The summed E-state index contributed by atoms with van der Waals surface area (Å²) in [5, 5.41) is 11.2. The summed E-state index contributed by atoms with van der Waals surface area (Å²) in [4.78, 5) is 34.7. The molecule has 3 heterocycles. The summed E-state index contributed by atoms with van der Waals surface area (Å²) < 4.78 is 47.8. The van der Waals surface area contributed by atoms with Gasteiger partial charge in [-0.15, -0.1) is 0 Å².